The van der Waals surface area contributed by atoms with Crippen LogP contribution in [0.15, 0.2) is 12.2 Å². The summed E-state index contributed by atoms with van der Waals surface area (Å²) < 4.78 is 6.56. The lowest BCUT2D eigenvalue weighted by molar-refractivity contribution is 0.0952. The van der Waals surface area contributed by atoms with Gasteiger partial charge in [-0.2, -0.15) is 0 Å². The van der Waals surface area contributed by atoms with Crippen LogP contribution in [0.5, 0.6) is 0 Å². The Morgan fingerprint density at radius 2 is 1.88 bits per heavy atom. The smallest absolute Gasteiger partial charge is 0.192 e. The summed E-state index contributed by atoms with van der Waals surface area (Å²) in [7, 11) is -1.56. The molecule has 0 amide bonds. The molecule has 2 aliphatic rings. The molecule has 3 atom stereocenters. The average molecular weight is 252 g/mol. The second-order valence-corrected chi connectivity index (χ2v) is 12.2. The van der Waals surface area contributed by atoms with Gasteiger partial charge in [-0.25, -0.2) is 0 Å². The number of fused-ring (bicyclic) bond motifs is 1. The maximum Gasteiger partial charge on any atom is 0.192 e. The Morgan fingerprint density at radius 1 is 1.18 bits per heavy atom. The first kappa shape index (κ1) is 13.4. The van der Waals surface area contributed by atoms with E-state index in [0.29, 0.717) is 11.1 Å². The van der Waals surface area contributed by atoms with Crippen LogP contribution in [0.2, 0.25) is 18.1 Å². The fourth-order valence-electron chi connectivity index (χ4n) is 2.90. The Bertz CT molecular complexity index is 301. The van der Waals surface area contributed by atoms with Crippen molar-refractivity contribution < 1.29 is 4.43 Å². The molecule has 17 heavy (non-hydrogen) atoms. The van der Waals surface area contributed by atoms with Crippen LogP contribution in [-0.4, -0.2) is 14.4 Å². The Hall–Kier alpha value is -0.0831. The molecular formula is C15H28OSi. The number of hydrogen-bond acceptors (Lipinski definition) is 1. The largest absolute Gasteiger partial charge is 0.414 e. The molecule has 1 saturated carbocycles. The molecule has 0 aromatic heterocycles. The standard InChI is InChI=1S/C15H28OSi/c1-15(2,3)17(4,5)16-14-10-9-12-7-6-8-13(12)11-14/h6-7,12-14H,8-11H2,1-5H3. The molecule has 0 aliphatic heterocycles. The first-order valence-electron chi connectivity index (χ1n) is 7.14. The van der Waals surface area contributed by atoms with Gasteiger partial charge in [0, 0.05) is 6.10 Å². The molecule has 0 saturated heterocycles. The van der Waals surface area contributed by atoms with Gasteiger partial charge >= 0.3 is 0 Å². The van der Waals surface area contributed by atoms with E-state index in [2.05, 4.69) is 46.0 Å². The Labute approximate surface area is 108 Å². The quantitative estimate of drug-likeness (QED) is 0.509. The lowest BCUT2D eigenvalue weighted by Gasteiger charge is -2.42. The Kier molecular flexibility index (Phi) is 3.57. The minimum atomic E-state index is -1.56. The SMILES string of the molecule is CC(C)(C)[Si](C)(C)OC1CCC2C=CCC2C1. The van der Waals surface area contributed by atoms with E-state index in [9.17, 15) is 0 Å². The topological polar surface area (TPSA) is 9.23 Å². The third-order valence-electron chi connectivity index (χ3n) is 5.08. The van der Waals surface area contributed by atoms with Gasteiger partial charge in [0.15, 0.2) is 8.32 Å². The summed E-state index contributed by atoms with van der Waals surface area (Å²) in [5, 5.41) is 0.345. The van der Waals surface area contributed by atoms with E-state index < -0.39 is 8.32 Å². The minimum absolute atomic E-state index is 0.345. The predicted molar refractivity (Wildman–Crippen MR) is 76.7 cm³/mol. The fourth-order valence-corrected chi connectivity index (χ4v) is 4.30. The van der Waals surface area contributed by atoms with Gasteiger partial charge in [-0.1, -0.05) is 32.9 Å². The van der Waals surface area contributed by atoms with Gasteiger partial charge in [0.2, 0.25) is 0 Å². The molecule has 2 aliphatic carbocycles. The highest BCUT2D eigenvalue weighted by Crippen LogP contribution is 2.43. The summed E-state index contributed by atoms with van der Waals surface area (Å²) >= 11 is 0. The van der Waals surface area contributed by atoms with E-state index in [0.717, 1.165) is 11.8 Å². The summed E-state index contributed by atoms with van der Waals surface area (Å²) in [6.07, 6.45) is 10.6. The highest BCUT2D eigenvalue weighted by atomic mass is 28.4. The second-order valence-electron chi connectivity index (χ2n) is 7.40. The maximum atomic E-state index is 6.56. The van der Waals surface area contributed by atoms with Gasteiger partial charge < -0.3 is 4.43 Å². The fraction of sp³-hybridized carbons (Fsp3) is 0.867. The first-order chi connectivity index (χ1) is 7.79. The van der Waals surface area contributed by atoms with Gasteiger partial charge in [-0.05, 0) is 55.7 Å². The van der Waals surface area contributed by atoms with E-state index in [4.69, 9.17) is 4.43 Å². The van der Waals surface area contributed by atoms with Crippen LogP contribution in [0.1, 0.15) is 46.5 Å². The number of allylic oxidation sites excluding steroid dienone is 2. The molecule has 1 nitrogen and oxygen atoms in total. The minimum Gasteiger partial charge on any atom is -0.414 e. The summed E-state index contributed by atoms with van der Waals surface area (Å²) in [4.78, 5) is 0. The van der Waals surface area contributed by atoms with Crippen molar-refractivity contribution in [1.82, 2.24) is 0 Å². The molecule has 0 heterocycles. The van der Waals surface area contributed by atoms with Crippen molar-refractivity contribution in [3.8, 4) is 0 Å². The Balaban J connectivity index is 1.93. The van der Waals surface area contributed by atoms with Crippen molar-refractivity contribution in [3.63, 3.8) is 0 Å². The van der Waals surface area contributed by atoms with E-state index in [-0.39, 0.29) is 0 Å². The summed E-state index contributed by atoms with van der Waals surface area (Å²) in [5.74, 6) is 1.76. The molecule has 0 aromatic rings. The molecule has 0 N–H and O–H groups in total. The van der Waals surface area contributed by atoms with Gasteiger partial charge in [0.1, 0.15) is 0 Å². The molecule has 2 rings (SSSR count). The van der Waals surface area contributed by atoms with Gasteiger partial charge in [-0.3, -0.25) is 0 Å². The molecule has 1 fully saturated rings. The summed E-state index contributed by atoms with van der Waals surface area (Å²) in [6.45, 7) is 11.8. The maximum absolute atomic E-state index is 6.56. The zero-order valence-electron chi connectivity index (χ0n) is 12.1. The van der Waals surface area contributed by atoms with Crippen molar-refractivity contribution in [2.24, 2.45) is 11.8 Å². The van der Waals surface area contributed by atoms with Gasteiger partial charge in [0.25, 0.3) is 0 Å². The lowest BCUT2D eigenvalue weighted by Crippen LogP contribution is -2.45. The van der Waals surface area contributed by atoms with Crippen LogP contribution < -0.4 is 0 Å². The monoisotopic (exact) mass is 252 g/mol. The molecule has 0 spiro atoms. The number of hydrogen-bond donors (Lipinski definition) is 0. The normalized spacial score (nSPS) is 33.8. The highest BCUT2D eigenvalue weighted by Gasteiger charge is 2.41. The van der Waals surface area contributed by atoms with Crippen molar-refractivity contribution in [3.05, 3.63) is 12.2 Å². The molecule has 3 unspecified atom stereocenters. The molecule has 0 radical (unpaired) electrons. The number of rotatable bonds is 2. The molecular weight excluding hydrogens is 224 g/mol. The third-order valence-corrected chi connectivity index (χ3v) is 9.62. The molecule has 98 valence electrons. The molecule has 0 aromatic carbocycles. The van der Waals surface area contributed by atoms with Crippen molar-refractivity contribution in [2.45, 2.75) is 70.7 Å². The third kappa shape index (κ3) is 2.85. The molecule has 0 bridgehead atoms. The summed E-state index contributed by atoms with van der Waals surface area (Å²) in [5.41, 5.74) is 0. The van der Waals surface area contributed by atoms with E-state index in [1.54, 1.807) is 0 Å². The average Bonchev–Trinajstić information content (AvgIpc) is 2.62. The zero-order chi connectivity index (χ0) is 12.7. The lowest BCUT2D eigenvalue weighted by atomic mass is 9.80. The van der Waals surface area contributed by atoms with Gasteiger partial charge in [0.05, 0.1) is 0 Å². The zero-order valence-corrected chi connectivity index (χ0v) is 13.1. The van der Waals surface area contributed by atoms with E-state index in [1.165, 1.54) is 25.7 Å². The van der Waals surface area contributed by atoms with Crippen molar-refractivity contribution in [2.75, 3.05) is 0 Å². The molecule has 2 heteroatoms. The van der Waals surface area contributed by atoms with Crippen molar-refractivity contribution >= 4 is 8.32 Å². The van der Waals surface area contributed by atoms with Crippen LogP contribution in [0.3, 0.4) is 0 Å². The van der Waals surface area contributed by atoms with Crippen LogP contribution >= 0.6 is 0 Å². The van der Waals surface area contributed by atoms with E-state index in [1.807, 2.05) is 0 Å². The van der Waals surface area contributed by atoms with Crippen LogP contribution in [-0.2, 0) is 4.43 Å². The second kappa shape index (κ2) is 4.54. The van der Waals surface area contributed by atoms with E-state index >= 15 is 0 Å². The van der Waals surface area contributed by atoms with Crippen molar-refractivity contribution in [1.29, 1.82) is 0 Å². The van der Waals surface area contributed by atoms with Gasteiger partial charge in [-0.15, -0.1) is 0 Å². The first-order valence-corrected chi connectivity index (χ1v) is 10.0. The summed E-state index contributed by atoms with van der Waals surface area (Å²) in [6, 6.07) is 0. The Morgan fingerprint density at radius 3 is 2.53 bits per heavy atom. The van der Waals surface area contributed by atoms with Crippen LogP contribution in [0.4, 0.5) is 0 Å². The highest BCUT2D eigenvalue weighted by molar-refractivity contribution is 6.74. The predicted octanol–water partition coefficient (Wildman–Crippen LogP) is 4.75. The van der Waals surface area contributed by atoms with Crippen LogP contribution in [0, 0.1) is 11.8 Å². The van der Waals surface area contributed by atoms with Crippen LogP contribution in [0.25, 0.3) is 0 Å².